The van der Waals surface area contributed by atoms with Crippen molar-refractivity contribution in [2.45, 2.75) is 25.9 Å². The molecule has 1 atom stereocenters. The Morgan fingerprint density at radius 3 is 2.92 bits per heavy atom. The molecule has 1 N–H and O–H groups in total. The van der Waals surface area contributed by atoms with Crippen LogP contribution >= 0.6 is 0 Å². The van der Waals surface area contributed by atoms with Crippen LogP contribution in [0.4, 0.5) is 5.95 Å². The molecule has 3 heterocycles. The minimum absolute atomic E-state index is 0.0431. The highest BCUT2D eigenvalue weighted by Gasteiger charge is 2.28. The number of anilines is 1. The van der Waals surface area contributed by atoms with Gasteiger partial charge in [0.2, 0.25) is 11.9 Å². The Morgan fingerprint density at radius 1 is 1.38 bits per heavy atom. The molecule has 1 unspecified atom stereocenters. The molecule has 2 aromatic heterocycles. The van der Waals surface area contributed by atoms with Crippen LogP contribution in [0.15, 0.2) is 24.7 Å². The van der Waals surface area contributed by atoms with Gasteiger partial charge in [-0.1, -0.05) is 0 Å². The number of imidazole rings is 1. The van der Waals surface area contributed by atoms with E-state index in [4.69, 9.17) is 4.74 Å². The summed E-state index contributed by atoms with van der Waals surface area (Å²) in [6.07, 6.45) is 5.72. The van der Waals surface area contributed by atoms with Crippen LogP contribution in [0.25, 0.3) is 0 Å². The Balaban J connectivity index is 1.68. The summed E-state index contributed by atoms with van der Waals surface area (Å²) in [6, 6.07) is 1.87. The normalized spacial score (nSPS) is 16.8. The van der Waals surface area contributed by atoms with Crippen molar-refractivity contribution >= 4 is 11.9 Å². The van der Waals surface area contributed by atoms with Crippen LogP contribution in [0, 0.1) is 0 Å². The summed E-state index contributed by atoms with van der Waals surface area (Å²) in [5.41, 5.74) is 0.780. The fraction of sp³-hybridized carbons (Fsp3) is 0.500. The third-order valence-corrected chi connectivity index (χ3v) is 4.06. The summed E-state index contributed by atoms with van der Waals surface area (Å²) in [7, 11) is 1.61. The van der Waals surface area contributed by atoms with E-state index < -0.39 is 0 Å². The number of carbonyl (C=O) groups is 1. The number of ether oxygens (including phenoxy) is 1. The highest BCUT2D eigenvalue weighted by Crippen LogP contribution is 2.27. The highest BCUT2D eigenvalue weighted by molar-refractivity contribution is 5.78. The van der Waals surface area contributed by atoms with Crippen LogP contribution in [-0.2, 0) is 22.5 Å². The summed E-state index contributed by atoms with van der Waals surface area (Å²) in [5, 5.41) is 2.81. The molecule has 8 nitrogen and oxygen atoms in total. The monoisotopic (exact) mass is 330 g/mol. The van der Waals surface area contributed by atoms with Crippen molar-refractivity contribution in [3.05, 3.63) is 36.2 Å². The van der Waals surface area contributed by atoms with E-state index in [0.29, 0.717) is 19.1 Å². The Hall–Kier alpha value is -2.48. The lowest BCUT2D eigenvalue weighted by atomic mass is 10.2. The second-order valence-electron chi connectivity index (χ2n) is 5.72. The first-order valence-corrected chi connectivity index (χ1v) is 8.04. The summed E-state index contributed by atoms with van der Waals surface area (Å²) < 4.78 is 7.04. The minimum atomic E-state index is -0.0431. The number of nitrogens with one attached hydrogen (secondary N) is 1. The Kier molecular flexibility index (Phi) is 5.05. The number of hydrogen-bond donors (Lipinski definition) is 1. The molecule has 0 saturated heterocycles. The summed E-state index contributed by atoms with van der Waals surface area (Å²) in [5.74, 6) is 1.60. The molecule has 3 rings (SSSR count). The van der Waals surface area contributed by atoms with Gasteiger partial charge in [-0.05, 0) is 13.0 Å². The van der Waals surface area contributed by atoms with Gasteiger partial charge in [-0.25, -0.2) is 15.0 Å². The number of amides is 1. The van der Waals surface area contributed by atoms with Crippen molar-refractivity contribution in [3.8, 4) is 0 Å². The lowest BCUT2D eigenvalue weighted by Gasteiger charge is -2.33. The standard InChI is InChI=1S/C16H22N6O2/c1-12-15-20-13(10-14(23)17-6-9-24-2)11-21(15)7-8-22(12)16-18-4-3-5-19-16/h3-5,11-12H,6-10H2,1-2H3,(H,17,23). The van der Waals surface area contributed by atoms with E-state index in [1.165, 1.54) is 0 Å². The molecule has 0 radical (unpaired) electrons. The average molecular weight is 330 g/mol. The first-order valence-electron chi connectivity index (χ1n) is 8.04. The molecule has 1 aliphatic rings. The molecular formula is C16H22N6O2. The van der Waals surface area contributed by atoms with E-state index >= 15 is 0 Å². The Bertz CT molecular complexity index is 687. The smallest absolute Gasteiger partial charge is 0.226 e. The molecule has 0 aliphatic carbocycles. The predicted molar refractivity (Wildman–Crippen MR) is 88.6 cm³/mol. The van der Waals surface area contributed by atoms with E-state index in [9.17, 15) is 4.79 Å². The van der Waals surface area contributed by atoms with Crippen molar-refractivity contribution in [2.75, 3.05) is 31.7 Å². The summed E-state index contributed by atoms with van der Waals surface area (Å²) in [4.78, 5) is 27.3. The first kappa shape index (κ1) is 16.4. The van der Waals surface area contributed by atoms with Gasteiger partial charge >= 0.3 is 0 Å². The number of carbonyl (C=O) groups excluding carboxylic acids is 1. The van der Waals surface area contributed by atoms with Crippen molar-refractivity contribution in [2.24, 2.45) is 0 Å². The van der Waals surface area contributed by atoms with E-state index in [1.54, 1.807) is 25.6 Å². The summed E-state index contributed by atoms with van der Waals surface area (Å²) >= 11 is 0. The van der Waals surface area contributed by atoms with Crippen LogP contribution in [0.5, 0.6) is 0 Å². The van der Waals surface area contributed by atoms with Crippen molar-refractivity contribution < 1.29 is 9.53 Å². The minimum Gasteiger partial charge on any atom is -0.383 e. The Labute approximate surface area is 140 Å². The van der Waals surface area contributed by atoms with Gasteiger partial charge in [-0.15, -0.1) is 0 Å². The van der Waals surface area contributed by atoms with E-state index in [0.717, 1.165) is 24.6 Å². The van der Waals surface area contributed by atoms with Crippen LogP contribution in [0.2, 0.25) is 0 Å². The predicted octanol–water partition coefficient (Wildman–Crippen LogP) is 0.559. The van der Waals surface area contributed by atoms with E-state index in [1.807, 2.05) is 6.20 Å². The topological polar surface area (TPSA) is 85.2 Å². The Morgan fingerprint density at radius 2 is 2.17 bits per heavy atom. The zero-order valence-electron chi connectivity index (χ0n) is 14.0. The van der Waals surface area contributed by atoms with Crippen LogP contribution in [0.1, 0.15) is 24.5 Å². The van der Waals surface area contributed by atoms with Crippen LogP contribution in [-0.4, -0.2) is 52.2 Å². The van der Waals surface area contributed by atoms with E-state index in [2.05, 4.69) is 36.7 Å². The quantitative estimate of drug-likeness (QED) is 0.779. The van der Waals surface area contributed by atoms with Crippen LogP contribution < -0.4 is 10.2 Å². The van der Waals surface area contributed by atoms with Gasteiger partial charge in [0.25, 0.3) is 0 Å². The number of aromatic nitrogens is 4. The number of nitrogens with zero attached hydrogens (tertiary/aromatic N) is 5. The molecule has 0 aromatic carbocycles. The van der Waals surface area contributed by atoms with Gasteiger partial charge in [-0.2, -0.15) is 0 Å². The van der Waals surface area contributed by atoms with Gasteiger partial charge in [-0.3, -0.25) is 4.79 Å². The zero-order valence-corrected chi connectivity index (χ0v) is 14.0. The van der Waals surface area contributed by atoms with Gasteiger partial charge in [0.05, 0.1) is 24.8 Å². The number of fused-ring (bicyclic) bond motifs is 1. The maximum atomic E-state index is 11.9. The second-order valence-corrected chi connectivity index (χ2v) is 5.72. The lowest BCUT2D eigenvalue weighted by molar-refractivity contribution is -0.120. The fourth-order valence-corrected chi connectivity index (χ4v) is 2.86. The molecule has 1 amide bonds. The molecule has 24 heavy (non-hydrogen) atoms. The molecule has 0 spiro atoms. The molecule has 1 aliphatic heterocycles. The molecule has 128 valence electrons. The van der Waals surface area contributed by atoms with Gasteiger partial charge in [0.15, 0.2) is 0 Å². The largest absolute Gasteiger partial charge is 0.383 e. The molecular weight excluding hydrogens is 308 g/mol. The van der Waals surface area contributed by atoms with Gasteiger partial charge < -0.3 is 19.5 Å². The second kappa shape index (κ2) is 7.39. The first-order chi connectivity index (χ1) is 11.7. The third-order valence-electron chi connectivity index (χ3n) is 4.06. The highest BCUT2D eigenvalue weighted by atomic mass is 16.5. The van der Waals surface area contributed by atoms with Crippen molar-refractivity contribution in [1.29, 1.82) is 0 Å². The molecule has 2 aromatic rings. The SMILES string of the molecule is COCCNC(=O)Cc1cn2c(n1)C(C)N(c1ncccn1)CC2. The molecule has 0 saturated carbocycles. The number of hydrogen-bond acceptors (Lipinski definition) is 6. The van der Waals surface area contributed by atoms with Crippen molar-refractivity contribution in [3.63, 3.8) is 0 Å². The maximum Gasteiger partial charge on any atom is 0.226 e. The number of methoxy groups -OCH3 is 1. The van der Waals surface area contributed by atoms with Crippen molar-refractivity contribution in [1.82, 2.24) is 24.8 Å². The van der Waals surface area contributed by atoms with Crippen LogP contribution in [0.3, 0.4) is 0 Å². The fourth-order valence-electron chi connectivity index (χ4n) is 2.86. The lowest BCUT2D eigenvalue weighted by Crippen LogP contribution is -2.37. The average Bonchev–Trinajstić information content (AvgIpc) is 2.99. The van der Waals surface area contributed by atoms with E-state index in [-0.39, 0.29) is 18.4 Å². The molecule has 0 fully saturated rings. The van der Waals surface area contributed by atoms with Gasteiger partial charge in [0, 0.05) is 45.3 Å². The molecule has 0 bridgehead atoms. The molecule has 8 heteroatoms. The number of rotatable bonds is 6. The van der Waals surface area contributed by atoms with Gasteiger partial charge in [0.1, 0.15) is 5.82 Å². The maximum absolute atomic E-state index is 11.9. The zero-order chi connectivity index (χ0) is 16.9. The third kappa shape index (κ3) is 3.53. The summed E-state index contributed by atoms with van der Waals surface area (Å²) in [6.45, 7) is 4.72.